The maximum absolute atomic E-state index is 12.8. The van der Waals surface area contributed by atoms with Gasteiger partial charge in [-0.2, -0.15) is 13.2 Å². The molecular weight excluding hydrogens is 356 g/mol. The second-order valence-corrected chi connectivity index (χ2v) is 4.65. The van der Waals surface area contributed by atoms with Gasteiger partial charge in [0, 0.05) is 5.56 Å². The minimum absolute atomic E-state index is 0.0129. The van der Waals surface area contributed by atoms with E-state index in [9.17, 15) is 31.1 Å². The molecule has 134 valence electrons. The van der Waals surface area contributed by atoms with Gasteiger partial charge in [-0.1, -0.05) is 0 Å². The number of alkyl halides is 6. The molecule has 1 heterocycles. The minimum atomic E-state index is -4.91. The van der Waals surface area contributed by atoms with Crippen molar-refractivity contribution in [2.45, 2.75) is 12.5 Å². The number of carbonyl (C=O) groups excluding carboxylic acids is 1. The molecule has 0 N–H and O–H groups in total. The van der Waals surface area contributed by atoms with E-state index in [0.717, 1.165) is 37.4 Å². The van der Waals surface area contributed by atoms with E-state index in [0.29, 0.717) is 6.07 Å². The molecule has 0 aliphatic rings. The highest BCUT2D eigenvalue weighted by Crippen LogP contribution is 2.32. The number of halogens is 6. The quantitative estimate of drug-likeness (QED) is 0.596. The Morgan fingerprint density at radius 2 is 1.56 bits per heavy atom. The lowest BCUT2D eigenvalue weighted by Gasteiger charge is -2.13. The van der Waals surface area contributed by atoms with Crippen LogP contribution >= 0.6 is 0 Å². The number of carbonyl (C=O) groups is 1. The highest BCUT2D eigenvalue weighted by atomic mass is 19.4. The molecule has 10 heteroatoms. The van der Waals surface area contributed by atoms with Crippen LogP contribution < -0.4 is 4.74 Å². The number of methoxy groups -OCH3 is 1. The molecule has 0 unspecified atom stereocenters. The van der Waals surface area contributed by atoms with E-state index in [-0.39, 0.29) is 16.8 Å². The van der Waals surface area contributed by atoms with Gasteiger partial charge in [-0.25, -0.2) is 9.78 Å². The molecule has 0 aliphatic heterocycles. The van der Waals surface area contributed by atoms with E-state index in [2.05, 4.69) is 14.5 Å². The zero-order valence-electron chi connectivity index (χ0n) is 12.4. The number of hydrogen-bond acceptors (Lipinski definition) is 4. The van der Waals surface area contributed by atoms with Gasteiger partial charge in [0.2, 0.25) is 0 Å². The van der Waals surface area contributed by atoms with Gasteiger partial charge >= 0.3 is 18.5 Å². The van der Waals surface area contributed by atoms with E-state index in [1.165, 1.54) is 0 Å². The third kappa shape index (κ3) is 4.61. The van der Waals surface area contributed by atoms with Crippen molar-refractivity contribution in [3.8, 4) is 17.0 Å². The van der Waals surface area contributed by atoms with Crippen molar-refractivity contribution in [1.82, 2.24) is 4.98 Å². The first kappa shape index (κ1) is 18.6. The number of nitrogens with zero attached hydrogens (tertiary/aromatic N) is 1. The molecule has 0 amide bonds. The summed E-state index contributed by atoms with van der Waals surface area (Å²) in [5.74, 6) is -1.50. The Balaban J connectivity index is 2.50. The molecule has 2 aromatic rings. The fourth-order valence-corrected chi connectivity index (χ4v) is 1.93. The monoisotopic (exact) mass is 365 g/mol. The molecule has 4 nitrogen and oxygen atoms in total. The van der Waals surface area contributed by atoms with Crippen LogP contribution in [0.25, 0.3) is 11.3 Å². The van der Waals surface area contributed by atoms with Gasteiger partial charge in [0.05, 0.1) is 18.4 Å². The summed E-state index contributed by atoms with van der Waals surface area (Å²) in [5, 5.41) is 0. The van der Waals surface area contributed by atoms with Gasteiger partial charge in [-0.3, -0.25) is 0 Å². The SMILES string of the molecule is COC(=O)c1ccc(C(F)(F)F)nc1-c1ccc(OC(F)(F)F)cc1. The van der Waals surface area contributed by atoms with Crippen LogP contribution in [0.15, 0.2) is 36.4 Å². The molecule has 0 spiro atoms. The lowest BCUT2D eigenvalue weighted by molar-refractivity contribution is -0.274. The summed E-state index contributed by atoms with van der Waals surface area (Å²) in [6.07, 6.45) is -9.67. The summed E-state index contributed by atoms with van der Waals surface area (Å²) in [6.45, 7) is 0. The number of rotatable bonds is 3. The summed E-state index contributed by atoms with van der Waals surface area (Å²) < 4.78 is 83.1. The Morgan fingerprint density at radius 1 is 0.960 bits per heavy atom. The number of ether oxygens (including phenoxy) is 2. The molecule has 0 bridgehead atoms. The van der Waals surface area contributed by atoms with Crippen LogP contribution in [0.5, 0.6) is 5.75 Å². The number of hydrogen-bond donors (Lipinski definition) is 0. The van der Waals surface area contributed by atoms with Crippen molar-refractivity contribution in [2.24, 2.45) is 0 Å². The second kappa shape index (κ2) is 6.61. The number of esters is 1. The average Bonchev–Trinajstić information content (AvgIpc) is 2.52. The molecule has 0 aliphatic carbocycles. The van der Waals surface area contributed by atoms with Crippen LogP contribution in [0.1, 0.15) is 16.1 Å². The normalized spacial score (nSPS) is 12.0. The summed E-state index contributed by atoms with van der Waals surface area (Å²) in [4.78, 5) is 15.1. The Kier molecular flexibility index (Phi) is 4.91. The molecule has 0 radical (unpaired) electrons. The van der Waals surface area contributed by atoms with Crippen molar-refractivity contribution in [3.05, 3.63) is 47.7 Å². The van der Waals surface area contributed by atoms with Gasteiger partial charge in [0.25, 0.3) is 0 Å². The van der Waals surface area contributed by atoms with E-state index < -0.39 is 30.0 Å². The highest BCUT2D eigenvalue weighted by molar-refractivity contribution is 5.96. The molecule has 0 saturated heterocycles. The highest BCUT2D eigenvalue weighted by Gasteiger charge is 2.34. The number of benzene rings is 1. The van der Waals surface area contributed by atoms with Crippen molar-refractivity contribution in [1.29, 1.82) is 0 Å². The lowest BCUT2D eigenvalue weighted by atomic mass is 10.0. The zero-order chi connectivity index (χ0) is 18.8. The maximum atomic E-state index is 12.8. The van der Waals surface area contributed by atoms with E-state index in [1.54, 1.807) is 0 Å². The van der Waals surface area contributed by atoms with Gasteiger partial charge in [0.15, 0.2) is 0 Å². The van der Waals surface area contributed by atoms with Gasteiger partial charge < -0.3 is 9.47 Å². The van der Waals surface area contributed by atoms with Gasteiger partial charge in [-0.15, -0.1) is 13.2 Å². The first-order chi connectivity index (χ1) is 11.5. The van der Waals surface area contributed by atoms with E-state index in [4.69, 9.17) is 0 Å². The van der Waals surface area contributed by atoms with Crippen LogP contribution in [-0.2, 0) is 10.9 Å². The van der Waals surface area contributed by atoms with Crippen LogP contribution in [0.4, 0.5) is 26.3 Å². The largest absolute Gasteiger partial charge is 0.573 e. The van der Waals surface area contributed by atoms with Crippen molar-refractivity contribution >= 4 is 5.97 Å². The van der Waals surface area contributed by atoms with Crippen molar-refractivity contribution in [3.63, 3.8) is 0 Å². The molecule has 25 heavy (non-hydrogen) atoms. The number of pyridine rings is 1. The van der Waals surface area contributed by atoms with Gasteiger partial charge in [-0.05, 0) is 36.4 Å². The Bertz CT molecular complexity index is 768. The van der Waals surface area contributed by atoms with E-state index in [1.807, 2.05) is 0 Å². The molecule has 0 saturated carbocycles. The van der Waals surface area contributed by atoms with Crippen molar-refractivity contribution in [2.75, 3.05) is 7.11 Å². The predicted octanol–water partition coefficient (Wildman–Crippen LogP) is 4.45. The Morgan fingerprint density at radius 3 is 2.04 bits per heavy atom. The molecule has 1 aromatic carbocycles. The van der Waals surface area contributed by atoms with Crippen LogP contribution in [-0.4, -0.2) is 24.4 Å². The molecule has 1 aromatic heterocycles. The smallest absolute Gasteiger partial charge is 0.465 e. The molecular formula is C15H9F6NO3. The summed E-state index contributed by atoms with van der Waals surface area (Å²) in [5.41, 5.74) is -1.91. The third-order valence-electron chi connectivity index (χ3n) is 2.95. The first-order valence-electron chi connectivity index (χ1n) is 6.54. The Labute approximate surface area is 137 Å². The summed E-state index contributed by atoms with van der Waals surface area (Å²) in [7, 11) is 1.03. The fourth-order valence-electron chi connectivity index (χ4n) is 1.93. The zero-order valence-corrected chi connectivity index (χ0v) is 12.4. The molecule has 2 rings (SSSR count). The maximum Gasteiger partial charge on any atom is 0.573 e. The standard InChI is InChI=1S/C15H9F6NO3/c1-24-13(23)10-6-7-11(14(16,17)18)22-12(10)8-2-4-9(5-3-8)25-15(19,20)21/h2-7H,1H3. The lowest BCUT2D eigenvalue weighted by Crippen LogP contribution is -2.17. The minimum Gasteiger partial charge on any atom is -0.465 e. The topological polar surface area (TPSA) is 48.4 Å². The average molecular weight is 365 g/mol. The second-order valence-electron chi connectivity index (χ2n) is 4.65. The van der Waals surface area contributed by atoms with Gasteiger partial charge in [0.1, 0.15) is 11.4 Å². The first-order valence-corrected chi connectivity index (χ1v) is 6.54. The van der Waals surface area contributed by atoms with Crippen LogP contribution in [0.3, 0.4) is 0 Å². The summed E-state index contributed by atoms with van der Waals surface area (Å²) >= 11 is 0. The molecule has 0 atom stereocenters. The fraction of sp³-hybridized carbons (Fsp3) is 0.200. The van der Waals surface area contributed by atoms with Crippen LogP contribution in [0.2, 0.25) is 0 Å². The number of aromatic nitrogens is 1. The molecule has 0 fully saturated rings. The van der Waals surface area contributed by atoms with Crippen LogP contribution in [0, 0.1) is 0 Å². The Hall–Kier alpha value is -2.78. The van der Waals surface area contributed by atoms with Crippen molar-refractivity contribution < 1.29 is 40.6 Å². The van der Waals surface area contributed by atoms with E-state index >= 15 is 0 Å². The third-order valence-corrected chi connectivity index (χ3v) is 2.95. The predicted molar refractivity (Wildman–Crippen MR) is 72.7 cm³/mol. The summed E-state index contributed by atoms with van der Waals surface area (Å²) in [6, 6.07) is 5.39.